The summed E-state index contributed by atoms with van der Waals surface area (Å²) >= 11 is 0. The number of aromatic carboxylic acids is 1. The lowest BCUT2D eigenvalue weighted by Gasteiger charge is -2.13. The Hall–Kier alpha value is -2.37. The Morgan fingerprint density at radius 3 is 2.69 bits per heavy atom. The minimum absolute atomic E-state index is 0.0416. The van der Waals surface area contributed by atoms with Gasteiger partial charge in [0.2, 0.25) is 0 Å². The number of benzene rings is 1. The van der Waals surface area contributed by atoms with Gasteiger partial charge in [0, 0.05) is 0 Å². The van der Waals surface area contributed by atoms with Crippen LogP contribution in [0.1, 0.15) is 10.4 Å². The van der Waals surface area contributed by atoms with Gasteiger partial charge in [-0.2, -0.15) is 0 Å². The Labute approximate surface area is 91.5 Å². The van der Waals surface area contributed by atoms with Crippen LogP contribution in [0.3, 0.4) is 0 Å². The lowest BCUT2D eigenvalue weighted by atomic mass is 10.1. The van der Waals surface area contributed by atoms with Crippen molar-refractivity contribution in [3.05, 3.63) is 52.6 Å². The second-order valence-corrected chi connectivity index (χ2v) is 2.93. The number of hydrazine groups is 1. The molecule has 1 aromatic carbocycles. The van der Waals surface area contributed by atoms with E-state index in [9.17, 15) is 14.9 Å². The summed E-state index contributed by atoms with van der Waals surface area (Å²) in [5, 5.41) is 19.7. The van der Waals surface area contributed by atoms with E-state index in [0.717, 1.165) is 5.01 Å². The van der Waals surface area contributed by atoms with Crippen LogP contribution in [-0.4, -0.2) is 22.7 Å². The molecule has 0 aliphatic rings. The highest BCUT2D eigenvalue weighted by atomic mass is 16.7. The van der Waals surface area contributed by atoms with Crippen molar-refractivity contribution in [3.8, 4) is 0 Å². The highest BCUT2D eigenvalue weighted by Gasteiger charge is 2.21. The number of anilines is 1. The van der Waals surface area contributed by atoms with Crippen LogP contribution in [-0.2, 0) is 0 Å². The van der Waals surface area contributed by atoms with Gasteiger partial charge in [-0.1, -0.05) is 23.2 Å². The van der Waals surface area contributed by atoms with Gasteiger partial charge in [-0.15, -0.1) is 6.58 Å². The number of carboxylic acid groups (broad SMARTS) is 1. The van der Waals surface area contributed by atoms with E-state index in [1.165, 1.54) is 24.3 Å². The molecule has 0 atom stereocenters. The Balaban J connectivity index is 3.22. The molecule has 0 bridgehead atoms. The third-order valence-electron chi connectivity index (χ3n) is 1.91. The van der Waals surface area contributed by atoms with Gasteiger partial charge in [0.1, 0.15) is 12.2 Å². The van der Waals surface area contributed by atoms with Gasteiger partial charge in [-0.25, -0.2) is 14.9 Å². The second kappa shape index (κ2) is 4.92. The van der Waals surface area contributed by atoms with Crippen LogP contribution in [0.15, 0.2) is 36.9 Å². The van der Waals surface area contributed by atoms with E-state index < -0.39 is 11.0 Å². The van der Waals surface area contributed by atoms with E-state index in [1.807, 2.05) is 0 Å². The Kier molecular flexibility index (Phi) is 3.60. The molecular formula is C10H10N2O4. The van der Waals surface area contributed by atoms with Crippen molar-refractivity contribution in [1.29, 1.82) is 0 Å². The highest BCUT2D eigenvalue weighted by molar-refractivity contribution is 5.94. The zero-order chi connectivity index (χ0) is 12.1. The summed E-state index contributed by atoms with van der Waals surface area (Å²) < 4.78 is 0. The van der Waals surface area contributed by atoms with Crippen LogP contribution < -0.4 is 5.01 Å². The first-order valence-corrected chi connectivity index (χ1v) is 4.43. The van der Waals surface area contributed by atoms with Gasteiger partial charge in [0.25, 0.3) is 0 Å². The third kappa shape index (κ3) is 2.35. The van der Waals surface area contributed by atoms with Crippen LogP contribution in [0.5, 0.6) is 0 Å². The molecule has 84 valence electrons. The van der Waals surface area contributed by atoms with Crippen molar-refractivity contribution in [2.75, 3.05) is 11.6 Å². The van der Waals surface area contributed by atoms with Crippen LogP contribution in [0, 0.1) is 10.1 Å². The van der Waals surface area contributed by atoms with E-state index in [0.29, 0.717) is 0 Å². The van der Waals surface area contributed by atoms with E-state index in [2.05, 4.69) is 6.58 Å². The summed E-state index contributed by atoms with van der Waals surface area (Å²) in [6.07, 6.45) is 1.33. The highest BCUT2D eigenvalue weighted by Crippen LogP contribution is 2.20. The first-order chi connectivity index (χ1) is 7.57. The average Bonchev–Trinajstić information content (AvgIpc) is 2.25. The summed E-state index contributed by atoms with van der Waals surface area (Å²) in [6.45, 7) is 3.33. The van der Waals surface area contributed by atoms with Crippen LogP contribution in [0.4, 0.5) is 5.69 Å². The van der Waals surface area contributed by atoms with Crippen molar-refractivity contribution in [1.82, 2.24) is 0 Å². The molecule has 0 aromatic heterocycles. The van der Waals surface area contributed by atoms with E-state index in [4.69, 9.17) is 5.11 Å². The molecule has 0 radical (unpaired) electrons. The summed E-state index contributed by atoms with van der Waals surface area (Å²) in [6, 6.07) is 5.76. The lowest BCUT2D eigenvalue weighted by Crippen LogP contribution is -2.31. The number of carbonyl (C=O) groups is 1. The fourth-order valence-electron chi connectivity index (χ4n) is 1.25. The van der Waals surface area contributed by atoms with Gasteiger partial charge < -0.3 is 5.11 Å². The maximum absolute atomic E-state index is 10.9. The van der Waals surface area contributed by atoms with Gasteiger partial charge in [0.15, 0.2) is 5.03 Å². The van der Waals surface area contributed by atoms with Crippen LogP contribution >= 0.6 is 0 Å². The smallest absolute Gasteiger partial charge is 0.338 e. The molecule has 0 heterocycles. The zero-order valence-corrected chi connectivity index (χ0v) is 8.37. The quantitative estimate of drug-likeness (QED) is 0.464. The molecule has 16 heavy (non-hydrogen) atoms. The molecule has 0 amide bonds. The maximum atomic E-state index is 10.9. The molecule has 0 saturated heterocycles. The number of para-hydroxylation sites is 1. The van der Waals surface area contributed by atoms with Crippen molar-refractivity contribution in [3.63, 3.8) is 0 Å². The fraction of sp³-hybridized carbons (Fsp3) is 0.100. The molecule has 0 unspecified atom stereocenters. The van der Waals surface area contributed by atoms with Crippen molar-refractivity contribution < 1.29 is 14.9 Å². The van der Waals surface area contributed by atoms with E-state index >= 15 is 0 Å². The number of carboxylic acids is 1. The minimum atomic E-state index is -1.20. The second-order valence-electron chi connectivity index (χ2n) is 2.93. The normalized spacial score (nSPS) is 9.50. The van der Waals surface area contributed by atoms with Crippen molar-refractivity contribution in [2.24, 2.45) is 0 Å². The summed E-state index contributed by atoms with van der Waals surface area (Å²) in [5.41, 5.74) is -0.0686. The molecular weight excluding hydrogens is 212 g/mol. The van der Waals surface area contributed by atoms with Gasteiger partial charge >= 0.3 is 5.97 Å². The Morgan fingerprint density at radius 1 is 1.56 bits per heavy atom. The minimum Gasteiger partial charge on any atom is -0.478 e. The predicted molar refractivity (Wildman–Crippen MR) is 57.9 cm³/mol. The SMILES string of the molecule is C=CCN(c1ccccc1C(=O)O)[N+](=O)[O-]. The summed E-state index contributed by atoms with van der Waals surface area (Å²) in [5.74, 6) is -1.20. The summed E-state index contributed by atoms with van der Waals surface area (Å²) in [7, 11) is 0. The monoisotopic (exact) mass is 222 g/mol. The molecule has 0 saturated carbocycles. The molecule has 6 heteroatoms. The van der Waals surface area contributed by atoms with Crippen LogP contribution in [0.2, 0.25) is 0 Å². The zero-order valence-electron chi connectivity index (χ0n) is 8.37. The van der Waals surface area contributed by atoms with Crippen LogP contribution in [0.25, 0.3) is 0 Å². The molecule has 0 spiro atoms. The third-order valence-corrected chi connectivity index (χ3v) is 1.91. The van der Waals surface area contributed by atoms with Crippen molar-refractivity contribution in [2.45, 2.75) is 0 Å². The summed E-state index contributed by atoms with van der Waals surface area (Å²) in [4.78, 5) is 21.6. The standard InChI is InChI=1S/C10H10N2O4/c1-2-7-11(12(15)16)9-6-4-3-5-8(9)10(13)14/h2-6H,1,7H2,(H,13,14). The molecule has 1 N–H and O–H groups in total. The lowest BCUT2D eigenvalue weighted by molar-refractivity contribution is -0.493. The van der Waals surface area contributed by atoms with Crippen molar-refractivity contribution >= 4 is 11.7 Å². The van der Waals surface area contributed by atoms with Gasteiger partial charge in [-0.05, 0) is 12.1 Å². The first-order valence-electron chi connectivity index (χ1n) is 4.43. The molecule has 0 aliphatic carbocycles. The Morgan fingerprint density at radius 2 is 2.19 bits per heavy atom. The fourth-order valence-corrected chi connectivity index (χ4v) is 1.25. The Bertz CT molecular complexity index is 431. The molecule has 6 nitrogen and oxygen atoms in total. The van der Waals surface area contributed by atoms with E-state index in [-0.39, 0.29) is 17.8 Å². The number of rotatable bonds is 5. The van der Waals surface area contributed by atoms with Gasteiger partial charge in [-0.3, -0.25) is 0 Å². The molecule has 1 aromatic rings. The number of hydrogen-bond donors (Lipinski definition) is 1. The predicted octanol–water partition coefficient (Wildman–Crippen LogP) is 1.57. The van der Waals surface area contributed by atoms with Gasteiger partial charge in [0.05, 0.1) is 5.56 Å². The average molecular weight is 222 g/mol. The molecule has 0 aliphatic heterocycles. The number of hydrogen-bond acceptors (Lipinski definition) is 3. The topological polar surface area (TPSA) is 83.7 Å². The molecule has 0 fully saturated rings. The maximum Gasteiger partial charge on any atom is 0.338 e. The van der Waals surface area contributed by atoms with E-state index in [1.54, 1.807) is 6.07 Å². The largest absolute Gasteiger partial charge is 0.478 e. The number of nitrogens with zero attached hydrogens (tertiary/aromatic N) is 2. The molecule has 1 rings (SSSR count). The first kappa shape index (κ1) is 11.7. The number of nitro groups is 1.